The van der Waals surface area contributed by atoms with Crippen molar-refractivity contribution in [1.82, 2.24) is 0 Å². The molecule has 4 heteroatoms. The predicted octanol–water partition coefficient (Wildman–Crippen LogP) is 1.40. The Labute approximate surface area is 91.2 Å². The molecule has 15 heavy (non-hydrogen) atoms. The SMILES string of the molecule is OC(O)CCCCCOC1CCCCO1. The molecule has 4 nitrogen and oxygen atoms in total. The van der Waals surface area contributed by atoms with Crippen molar-refractivity contribution in [2.75, 3.05) is 13.2 Å². The Morgan fingerprint density at radius 3 is 2.73 bits per heavy atom. The van der Waals surface area contributed by atoms with Crippen molar-refractivity contribution in [3.8, 4) is 0 Å². The van der Waals surface area contributed by atoms with Gasteiger partial charge in [0.15, 0.2) is 12.6 Å². The summed E-state index contributed by atoms with van der Waals surface area (Å²) in [7, 11) is 0. The molecule has 1 unspecified atom stereocenters. The van der Waals surface area contributed by atoms with Crippen molar-refractivity contribution in [2.24, 2.45) is 0 Å². The first-order valence-electron chi connectivity index (χ1n) is 5.88. The molecule has 0 bridgehead atoms. The molecule has 0 aromatic carbocycles. The summed E-state index contributed by atoms with van der Waals surface area (Å²) in [5, 5.41) is 17.2. The molecule has 90 valence electrons. The second-order valence-corrected chi connectivity index (χ2v) is 4.00. The van der Waals surface area contributed by atoms with Gasteiger partial charge < -0.3 is 19.7 Å². The van der Waals surface area contributed by atoms with Crippen LogP contribution >= 0.6 is 0 Å². The molecule has 0 aromatic rings. The zero-order valence-corrected chi connectivity index (χ0v) is 9.23. The Bertz CT molecular complexity index is 144. The minimum atomic E-state index is -1.16. The van der Waals surface area contributed by atoms with Gasteiger partial charge in [0.1, 0.15) is 0 Å². The van der Waals surface area contributed by atoms with Gasteiger partial charge >= 0.3 is 0 Å². The van der Waals surface area contributed by atoms with Crippen molar-refractivity contribution in [1.29, 1.82) is 0 Å². The number of ether oxygens (including phenoxy) is 2. The molecule has 1 saturated heterocycles. The van der Waals surface area contributed by atoms with Gasteiger partial charge in [0.2, 0.25) is 0 Å². The number of aliphatic hydroxyl groups is 2. The Morgan fingerprint density at radius 2 is 2.07 bits per heavy atom. The fourth-order valence-electron chi connectivity index (χ4n) is 1.66. The van der Waals surface area contributed by atoms with Crippen molar-refractivity contribution < 1.29 is 19.7 Å². The highest BCUT2D eigenvalue weighted by Gasteiger charge is 2.13. The average Bonchev–Trinajstić information content (AvgIpc) is 2.24. The Morgan fingerprint density at radius 1 is 1.20 bits per heavy atom. The third-order valence-corrected chi connectivity index (χ3v) is 2.55. The molecule has 0 radical (unpaired) electrons. The molecule has 1 fully saturated rings. The minimum absolute atomic E-state index is 0.00202. The van der Waals surface area contributed by atoms with Crippen LogP contribution in [0, 0.1) is 0 Å². The van der Waals surface area contributed by atoms with Crippen LogP contribution in [-0.2, 0) is 9.47 Å². The molecule has 0 spiro atoms. The summed E-state index contributed by atoms with van der Waals surface area (Å²) < 4.78 is 11.0. The molecular weight excluding hydrogens is 196 g/mol. The summed E-state index contributed by atoms with van der Waals surface area (Å²) in [6.07, 6.45) is 5.43. The molecule has 1 aliphatic heterocycles. The molecule has 0 aromatic heterocycles. The number of rotatable bonds is 7. The zero-order valence-electron chi connectivity index (χ0n) is 9.23. The Hall–Kier alpha value is -0.160. The lowest BCUT2D eigenvalue weighted by Gasteiger charge is -2.22. The van der Waals surface area contributed by atoms with Crippen LogP contribution in [0.3, 0.4) is 0 Å². The van der Waals surface area contributed by atoms with Gasteiger partial charge in [0.05, 0.1) is 0 Å². The summed E-state index contributed by atoms with van der Waals surface area (Å²) in [6, 6.07) is 0. The number of hydrogen-bond donors (Lipinski definition) is 2. The van der Waals surface area contributed by atoms with Gasteiger partial charge in [-0.1, -0.05) is 6.42 Å². The van der Waals surface area contributed by atoms with E-state index in [4.69, 9.17) is 19.7 Å². The van der Waals surface area contributed by atoms with Gasteiger partial charge in [-0.05, 0) is 38.5 Å². The van der Waals surface area contributed by atoms with E-state index in [2.05, 4.69) is 0 Å². The van der Waals surface area contributed by atoms with Crippen molar-refractivity contribution in [3.05, 3.63) is 0 Å². The van der Waals surface area contributed by atoms with Crippen LogP contribution in [-0.4, -0.2) is 36.0 Å². The van der Waals surface area contributed by atoms with E-state index in [1.165, 1.54) is 6.42 Å². The molecule has 0 amide bonds. The normalized spacial score (nSPS) is 22.2. The Balaban J connectivity index is 1.83. The number of aliphatic hydroxyl groups excluding tert-OH is 1. The lowest BCUT2D eigenvalue weighted by molar-refractivity contribution is -0.162. The molecule has 0 aliphatic carbocycles. The maximum atomic E-state index is 8.62. The summed E-state index contributed by atoms with van der Waals surface area (Å²) >= 11 is 0. The molecule has 1 heterocycles. The zero-order chi connectivity index (χ0) is 10.9. The summed E-state index contributed by atoms with van der Waals surface area (Å²) in [5.41, 5.74) is 0. The third kappa shape index (κ3) is 6.84. The maximum Gasteiger partial charge on any atom is 0.157 e. The fraction of sp³-hybridized carbons (Fsp3) is 1.00. The Kier molecular flexibility index (Phi) is 6.92. The van der Waals surface area contributed by atoms with E-state index >= 15 is 0 Å². The van der Waals surface area contributed by atoms with Gasteiger partial charge in [0, 0.05) is 13.2 Å². The first-order chi connectivity index (χ1) is 7.29. The minimum Gasteiger partial charge on any atom is -0.368 e. The van der Waals surface area contributed by atoms with Crippen LogP contribution in [0.2, 0.25) is 0 Å². The summed E-state index contributed by atoms with van der Waals surface area (Å²) in [4.78, 5) is 0. The van der Waals surface area contributed by atoms with E-state index in [0.717, 1.165) is 38.7 Å². The largest absolute Gasteiger partial charge is 0.368 e. The van der Waals surface area contributed by atoms with E-state index in [1.54, 1.807) is 0 Å². The molecule has 1 rings (SSSR count). The molecule has 1 aliphatic rings. The quantitative estimate of drug-likeness (QED) is 0.501. The topological polar surface area (TPSA) is 58.9 Å². The average molecular weight is 218 g/mol. The monoisotopic (exact) mass is 218 g/mol. The van der Waals surface area contributed by atoms with E-state index in [1.807, 2.05) is 0 Å². The summed E-state index contributed by atoms with van der Waals surface area (Å²) in [6.45, 7) is 1.54. The van der Waals surface area contributed by atoms with Crippen molar-refractivity contribution in [2.45, 2.75) is 57.5 Å². The fourth-order valence-corrected chi connectivity index (χ4v) is 1.66. The number of unbranched alkanes of at least 4 members (excludes halogenated alkanes) is 2. The van der Waals surface area contributed by atoms with E-state index < -0.39 is 6.29 Å². The molecule has 2 N–H and O–H groups in total. The van der Waals surface area contributed by atoms with Crippen LogP contribution in [0.25, 0.3) is 0 Å². The lowest BCUT2D eigenvalue weighted by atomic mass is 10.2. The van der Waals surface area contributed by atoms with Gasteiger partial charge in [-0.15, -0.1) is 0 Å². The highest BCUT2D eigenvalue weighted by molar-refractivity contribution is 4.54. The molecular formula is C11H22O4. The van der Waals surface area contributed by atoms with Crippen LogP contribution in [0.5, 0.6) is 0 Å². The van der Waals surface area contributed by atoms with Crippen LogP contribution < -0.4 is 0 Å². The second kappa shape index (κ2) is 8.05. The number of hydrogen-bond acceptors (Lipinski definition) is 4. The summed E-state index contributed by atoms with van der Waals surface area (Å²) in [5.74, 6) is 0. The molecule has 1 atom stereocenters. The van der Waals surface area contributed by atoms with E-state index in [0.29, 0.717) is 13.0 Å². The van der Waals surface area contributed by atoms with E-state index in [-0.39, 0.29) is 6.29 Å². The highest BCUT2D eigenvalue weighted by Crippen LogP contribution is 2.14. The maximum absolute atomic E-state index is 8.62. The van der Waals surface area contributed by atoms with Gasteiger partial charge in [-0.3, -0.25) is 0 Å². The molecule has 0 saturated carbocycles. The second-order valence-electron chi connectivity index (χ2n) is 4.00. The van der Waals surface area contributed by atoms with Gasteiger partial charge in [-0.2, -0.15) is 0 Å². The van der Waals surface area contributed by atoms with Crippen LogP contribution in [0.4, 0.5) is 0 Å². The standard InChI is InChI=1S/C11H22O4/c12-10(13)6-2-1-4-8-14-11-7-3-5-9-15-11/h10-13H,1-9H2. The lowest BCUT2D eigenvalue weighted by Crippen LogP contribution is -2.22. The predicted molar refractivity (Wildman–Crippen MR) is 56.2 cm³/mol. The van der Waals surface area contributed by atoms with Gasteiger partial charge in [-0.25, -0.2) is 0 Å². The first-order valence-corrected chi connectivity index (χ1v) is 5.88. The van der Waals surface area contributed by atoms with Crippen molar-refractivity contribution in [3.63, 3.8) is 0 Å². The van der Waals surface area contributed by atoms with Crippen LogP contribution in [0.1, 0.15) is 44.9 Å². The van der Waals surface area contributed by atoms with Crippen molar-refractivity contribution >= 4 is 0 Å². The van der Waals surface area contributed by atoms with Gasteiger partial charge in [0.25, 0.3) is 0 Å². The third-order valence-electron chi connectivity index (χ3n) is 2.55. The first kappa shape index (κ1) is 12.9. The van der Waals surface area contributed by atoms with Crippen LogP contribution in [0.15, 0.2) is 0 Å². The highest BCUT2D eigenvalue weighted by atomic mass is 16.7. The smallest absolute Gasteiger partial charge is 0.157 e. The van der Waals surface area contributed by atoms with E-state index in [9.17, 15) is 0 Å².